The molecule has 0 atom stereocenters. The Labute approximate surface area is 519 Å². The Balaban J connectivity index is -0.0000000323. The monoisotopic (exact) mass is 1210 g/mol. The number of aliphatic imine (C=N–C) groups is 2. The van der Waals surface area contributed by atoms with E-state index in [0.29, 0.717) is 20.1 Å². The lowest BCUT2D eigenvalue weighted by atomic mass is 10.4. The van der Waals surface area contributed by atoms with Crippen LogP contribution >= 0.6 is 23.5 Å². The number of hydrazine groups is 1. The van der Waals surface area contributed by atoms with Crippen LogP contribution in [0.25, 0.3) is 0 Å². The van der Waals surface area contributed by atoms with E-state index in [4.69, 9.17) is 4.74 Å². The Kier molecular flexibility index (Phi) is 401. The largest absolute Gasteiger partial charge is 0.501 e. The molecule has 0 saturated carbocycles. The van der Waals surface area contributed by atoms with Crippen molar-refractivity contribution in [3.05, 3.63) is 36.0 Å². The van der Waals surface area contributed by atoms with Crippen molar-refractivity contribution in [3.63, 3.8) is 0 Å². The van der Waals surface area contributed by atoms with Crippen LogP contribution in [0.15, 0.2) is 71.7 Å². The number of nitrogens with zero attached hydrogens (tertiary/aromatic N) is 7. The molecule has 0 aromatic heterocycles. The van der Waals surface area contributed by atoms with Crippen molar-refractivity contribution in [2.75, 3.05) is 58.2 Å². The SMILES string of the molecule is C1=CCCC1.C1=COCC1.C1=CSCC1.C1=NCNN1.C1=NCON1.C1=NNCO1.C1=NNCS1.C1=NOCO1.C1CNN=N1.CC.CC.CC.CC.CC.CC.CC.CC.CC.CC.CC.CC.CC.CC.CC.CC.CC.CC. The van der Waals surface area contributed by atoms with Crippen LogP contribution in [-0.4, -0.2) is 89.3 Å². The molecule has 1 aliphatic carbocycles. The van der Waals surface area contributed by atoms with Gasteiger partial charge in [0, 0.05) is 12.2 Å². The molecule has 0 aromatic rings. The van der Waals surface area contributed by atoms with E-state index >= 15 is 0 Å². The van der Waals surface area contributed by atoms with Crippen LogP contribution in [0.1, 0.15) is 281 Å². The minimum atomic E-state index is 0.278. The minimum Gasteiger partial charge on any atom is -0.501 e. The number of nitrogens with one attached hydrogen (secondary N) is 6. The van der Waals surface area contributed by atoms with Gasteiger partial charge in [0.05, 0.1) is 43.7 Å². The molecular formula is C61H153N13O5S2. The topological polar surface area (TPSA) is 205 Å². The first kappa shape index (κ1) is 128. The van der Waals surface area contributed by atoms with Crippen LogP contribution in [0.3, 0.4) is 0 Å². The predicted molar refractivity (Wildman–Crippen MR) is 385 cm³/mol. The minimum absolute atomic E-state index is 0.278. The molecule has 20 heteroatoms. The zero-order valence-corrected chi connectivity index (χ0v) is 62.9. The van der Waals surface area contributed by atoms with E-state index in [1.165, 1.54) is 50.6 Å². The van der Waals surface area contributed by atoms with Crippen LogP contribution in [-0.2, 0) is 23.9 Å². The number of hydrogen-bond acceptors (Lipinski definition) is 20. The molecule has 0 spiro atoms. The summed E-state index contributed by atoms with van der Waals surface area (Å²) in [5, 5.41) is 19.6. The van der Waals surface area contributed by atoms with Crippen LogP contribution in [0.2, 0.25) is 0 Å². The highest BCUT2D eigenvalue weighted by Gasteiger charge is 1.87. The molecular weight excluding hydrogens is 1060 g/mol. The standard InChI is InChI=1S/C5H8.C4H6O.C4H6S.2C2H5N3.2C2H4N2O.C2H4N2S.C2H3NO2.18C2H6/c3*1-2-4-5-3-1;1-3-2-5-4-1;1-2-4-5-3-1;1-3-4-2-5-1;1-3-2-5-4-1;1-3-4-2-5-1;1-3-5-2-4-1;18*1-2/h1-2H,3-5H2;2*1,3H,2,4H2;1,5H,2H2,(H,3,4);1-2H2,(H,3,4);1,4H,2H2;1H,2H2,(H,3,4);1,4H,2H2;1H,2H2;18*1-2H3. The van der Waals surface area contributed by atoms with Gasteiger partial charge in [-0.05, 0) is 37.2 Å². The molecule has 9 rings (SSSR count). The zero-order valence-electron chi connectivity index (χ0n) is 61.2. The highest BCUT2D eigenvalue weighted by atomic mass is 32.2. The normalized spacial score (nSPS) is 12.0. The van der Waals surface area contributed by atoms with Gasteiger partial charge in [0.15, 0.2) is 19.9 Å². The molecule has 0 radical (unpaired) electrons. The summed E-state index contributed by atoms with van der Waals surface area (Å²) in [6.07, 6.45) is 22.6. The predicted octanol–water partition coefficient (Wildman–Crippen LogP) is 21.0. The molecule has 0 bridgehead atoms. The number of hydrazone groups is 2. The number of allylic oxidation sites excluding steroid dienone is 3. The number of rotatable bonds is 0. The van der Waals surface area contributed by atoms with E-state index in [2.05, 4.69) is 111 Å². The lowest BCUT2D eigenvalue weighted by Crippen LogP contribution is -2.22. The van der Waals surface area contributed by atoms with Crippen molar-refractivity contribution in [2.45, 2.75) is 281 Å². The van der Waals surface area contributed by atoms with E-state index in [1.807, 2.05) is 267 Å². The van der Waals surface area contributed by atoms with Gasteiger partial charge in [0.1, 0.15) is 13.0 Å². The van der Waals surface area contributed by atoms with Crippen molar-refractivity contribution >= 4 is 54.5 Å². The van der Waals surface area contributed by atoms with E-state index in [0.717, 1.165) is 32.0 Å². The van der Waals surface area contributed by atoms with Crippen LogP contribution in [0.4, 0.5) is 0 Å². The lowest BCUT2D eigenvalue weighted by Gasteiger charge is -1.80. The van der Waals surface area contributed by atoms with Crippen LogP contribution in [0, 0.1) is 0 Å². The van der Waals surface area contributed by atoms with Gasteiger partial charge in [0.25, 0.3) is 6.79 Å². The molecule has 0 aromatic carbocycles. The van der Waals surface area contributed by atoms with E-state index in [9.17, 15) is 0 Å². The third kappa shape index (κ3) is 248. The maximum Gasteiger partial charge on any atom is 0.257 e. The van der Waals surface area contributed by atoms with E-state index < -0.39 is 0 Å². The molecule has 8 heterocycles. The number of hydroxylamine groups is 1. The summed E-state index contributed by atoms with van der Waals surface area (Å²) in [5.74, 6) is 2.25. The van der Waals surface area contributed by atoms with Crippen molar-refractivity contribution in [1.82, 2.24) is 32.6 Å². The summed E-state index contributed by atoms with van der Waals surface area (Å²) in [5.41, 5.74) is 17.7. The Morgan fingerprint density at radius 2 is 1.00 bits per heavy atom. The average molecular weight is 1210 g/mol. The third-order valence-corrected chi connectivity index (χ3v) is 5.81. The molecule has 0 saturated heterocycles. The number of ether oxygens (including phenoxy) is 3. The van der Waals surface area contributed by atoms with Gasteiger partial charge in [-0.1, -0.05) is 290 Å². The summed E-state index contributed by atoms with van der Waals surface area (Å²) in [4.78, 5) is 16.1. The molecule has 8 aliphatic heterocycles. The molecule has 18 nitrogen and oxygen atoms in total. The Hall–Kier alpha value is -4.01. The second-order valence-electron chi connectivity index (χ2n) is 7.86. The Bertz CT molecular complexity index is 660. The summed E-state index contributed by atoms with van der Waals surface area (Å²) in [6.45, 7) is 76.6. The van der Waals surface area contributed by atoms with Gasteiger partial charge < -0.3 is 24.5 Å². The average Bonchev–Trinajstić information content (AvgIpc) is 4.45. The maximum absolute atomic E-state index is 4.76. The fourth-order valence-corrected chi connectivity index (χ4v) is 3.51. The first-order valence-electron chi connectivity index (χ1n) is 32.1. The summed E-state index contributed by atoms with van der Waals surface area (Å²) < 4.78 is 13.7. The van der Waals surface area contributed by atoms with E-state index in [1.54, 1.807) is 29.9 Å². The third-order valence-electron chi connectivity index (χ3n) is 4.40. The molecule has 0 amide bonds. The highest BCUT2D eigenvalue weighted by Crippen LogP contribution is 2.11. The lowest BCUT2D eigenvalue weighted by molar-refractivity contribution is 0.0595. The first-order valence-corrected chi connectivity index (χ1v) is 34.2. The molecule has 6 N–H and O–H groups in total. The molecule has 81 heavy (non-hydrogen) atoms. The summed E-state index contributed by atoms with van der Waals surface area (Å²) in [7, 11) is 0. The van der Waals surface area contributed by atoms with Crippen LogP contribution in [0.5, 0.6) is 0 Å². The number of hydrogen-bond donors (Lipinski definition) is 6. The zero-order chi connectivity index (χ0) is 67.8. The van der Waals surface area contributed by atoms with E-state index in [-0.39, 0.29) is 6.79 Å². The van der Waals surface area contributed by atoms with Gasteiger partial charge in [-0.3, -0.25) is 31.6 Å². The van der Waals surface area contributed by atoms with Crippen molar-refractivity contribution in [2.24, 2.45) is 35.7 Å². The van der Waals surface area contributed by atoms with Gasteiger partial charge in [-0.2, -0.15) is 10.2 Å². The second-order valence-corrected chi connectivity index (χ2v) is 9.71. The molecule has 0 fully saturated rings. The quantitative estimate of drug-likeness (QED) is 0.125. The second kappa shape index (κ2) is 254. The summed E-state index contributed by atoms with van der Waals surface area (Å²) >= 11 is 3.56. The fourth-order valence-electron chi connectivity index (χ4n) is 2.46. The maximum atomic E-state index is 4.76. The Morgan fingerprint density at radius 3 is 1.11 bits per heavy atom. The fraction of sp³-hybridized carbons (Fsp3) is 0.820. The molecule has 504 valence electrons. The van der Waals surface area contributed by atoms with Crippen LogP contribution < -0.4 is 32.6 Å². The number of thioether (sulfide) groups is 2. The van der Waals surface area contributed by atoms with Crippen molar-refractivity contribution < 1.29 is 23.9 Å². The smallest absolute Gasteiger partial charge is 0.257 e. The van der Waals surface area contributed by atoms with Gasteiger partial charge in [0.2, 0.25) is 6.40 Å². The van der Waals surface area contributed by atoms with Gasteiger partial charge in [-0.25, -0.2) is 10.4 Å². The van der Waals surface area contributed by atoms with Gasteiger partial charge >= 0.3 is 0 Å². The first-order chi connectivity index (χ1) is 40.5. The van der Waals surface area contributed by atoms with Crippen molar-refractivity contribution in [3.8, 4) is 0 Å². The summed E-state index contributed by atoms with van der Waals surface area (Å²) in [6, 6.07) is 0. The highest BCUT2D eigenvalue weighted by molar-refractivity contribution is 8.12. The number of oxime groups is 1. The molecule has 9 aliphatic rings. The molecule has 0 unspecified atom stereocenters. The van der Waals surface area contributed by atoms with Gasteiger partial charge in [-0.15, -0.1) is 16.9 Å². The Morgan fingerprint density at radius 1 is 0.469 bits per heavy atom. The van der Waals surface area contributed by atoms with Crippen molar-refractivity contribution in [1.29, 1.82) is 0 Å².